The molecule has 0 bridgehead atoms. The van der Waals surface area contributed by atoms with Gasteiger partial charge in [0.1, 0.15) is 0 Å². The van der Waals surface area contributed by atoms with E-state index in [-0.39, 0.29) is 11.9 Å². The lowest BCUT2D eigenvalue weighted by molar-refractivity contribution is 0.612. The van der Waals surface area contributed by atoms with Gasteiger partial charge in [0.2, 0.25) is 5.96 Å². The van der Waals surface area contributed by atoms with Crippen LogP contribution >= 0.6 is 0 Å². The number of aliphatic imine (C=N–C) groups is 1. The quantitative estimate of drug-likeness (QED) is 0.324. The molecule has 0 fully saturated rings. The Morgan fingerprint density at radius 1 is 1.06 bits per heavy atom. The number of hydrogen-bond donors (Lipinski definition) is 4. The summed E-state index contributed by atoms with van der Waals surface area (Å²) in [4.78, 5) is 5.03. The van der Waals surface area contributed by atoms with Crippen molar-refractivity contribution in [2.24, 2.45) is 22.2 Å². The van der Waals surface area contributed by atoms with E-state index >= 15 is 0 Å². The number of rotatable bonds is 6. The maximum absolute atomic E-state index is 6.70. The van der Waals surface area contributed by atoms with Crippen LogP contribution in [-0.2, 0) is 0 Å². The van der Waals surface area contributed by atoms with E-state index in [1.54, 1.807) is 19.0 Å². The van der Waals surface area contributed by atoms with Crippen molar-refractivity contribution < 1.29 is 0 Å². The standard InChI is InChI=1S/C8H19N.C4H11N5/c1-2-3-4-5-6-7-8-9;1-9(2)4(7)8-3(5)6/h2-9H2,1H3;1-2H3,(H5,5,6,7,8). The number of unbranched alkanes of at least 4 members (excludes halogenated alkanes) is 5. The van der Waals surface area contributed by atoms with E-state index < -0.39 is 0 Å². The predicted molar refractivity (Wildman–Crippen MR) is 79.7 cm³/mol. The van der Waals surface area contributed by atoms with Gasteiger partial charge >= 0.3 is 0 Å². The average molecular weight is 258 g/mol. The second kappa shape index (κ2) is 13.8. The van der Waals surface area contributed by atoms with Crippen molar-refractivity contribution >= 4 is 11.9 Å². The highest BCUT2D eigenvalue weighted by Crippen LogP contribution is 2.03. The van der Waals surface area contributed by atoms with Crippen molar-refractivity contribution in [2.75, 3.05) is 20.6 Å². The summed E-state index contributed by atoms with van der Waals surface area (Å²) in [5.74, 6) is -0.0382. The molecule has 6 heteroatoms. The summed E-state index contributed by atoms with van der Waals surface area (Å²) in [7, 11) is 3.45. The van der Waals surface area contributed by atoms with E-state index in [0.29, 0.717) is 0 Å². The first-order valence-electron chi connectivity index (χ1n) is 6.51. The molecule has 18 heavy (non-hydrogen) atoms. The number of nitrogens with two attached hydrogens (primary N) is 3. The highest BCUT2D eigenvalue weighted by atomic mass is 15.2. The third kappa shape index (κ3) is 17.1. The van der Waals surface area contributed by atoms with Crippen molar-refractivity contribution in [3.8, 4) is 0 Å². The summed E-state index contributed by atoms with van der Waals surface area (Å²) in [5.41, 5.74) is 15.5. The zero-order chi connectivity index (χ0) is 14.4. The molecule has 0 saturated carbocycles. The molecular weight excluding hydrogens is 228 g/mol. The average Bonchev–Trinajstić information content (AvgIpc) is 2.29. The van der Waals surface area contributed by atoms with E-state index in [9.17, 15) is 0 Å². The molecule has 0 unspecified atom stereocenters. The molecule has 0 aromatic heterocycles. The van der Waals surface area contributed by atoms with Crippen molar-refractivity contribution in [2.45, 2.75) is 45.4 Å². The van der Waals surface area contributed by atoms with Gasteiger partial charge in [0.15, 0.2) is 5.96 Å². The van der Waals surface area contributed by atoms with Crippen LogP contribution in [0.5, 0.6) is 0 Å². The first-order valence-corrected chi connectivity index (χ1v) is 6.51. The summed E-state index contributed by atoms with van der Waals surface area (Å²) in [6.07, 6.45) is 8.05. The first-order chi connectivity index (χ1) is 8.45. The fraction of sp³-hybridized carbons (Fsp3) is 0.833. The van der Waals surface area contributed by atoms with E-state index in [0.717, 1.165) is 6.54 Å². The van der Waals surface area contributed by atoms with Gasteiger partial charge < -0.3 is 22.1 Å². The number of hydrogen-bond acceptors (Lipinski definition) is 2. The minimum absolute atomic E-state index is 0.238. The third-order valence-electron chi connectivity index (χ3n) is 2.25. The molecule has 0 spiro atoms. The predicted octanol–water partition coefficient (Wildman–Crippen LogP) is 1.06. The first kappa shape index (κ1) is 19.0. The fourth-order valence-electron chi connectivity index (χ4n) is 1.15. The van der Waals surface area contributed by atoms with Crippen LogP contribution in [0.3, 0.4) is 0 Å². The second-order valence-electron chi connectivity index (χ2n) is 4.31. The van der Waals surface area contributed by atoms with Crippen LogP contribution in [-0.4, -0.2) is 37.5 Å². The summed E-state index contributed by atoms with van der Waals surface area (Å²) < 4.78 is 0. The summed E-state index contributed by atoms with van der Waals surface area (Å²) in [5, 5.41) is 6.70. The molecule has 0 rings (SSSR count). The molecule has 0 aromatic carbocycles. The maximum atomic E-state index is 6.70. The zero-order valence-electron chi connectivity index (χ0n) is 12.1. The lowest BCUT2D eigenvalue weighted by Crippen LogP contribution is -2.32. The van der Waals surface area contributed by atoms with Crippen LogP contribution in [0.15, 0.2) is 4.99 Å². The van der Waals surface area contributed by atoms with E-state index in [2.05, 4.69) is 11.9 Å². The fourth-order valence-corrected chi connectivity index (χ4v) is 1.15. The monoisotopic (exact) mass is 258 g/mol. The van der Waals surface area contributed by atoms with E-state index in [1.807, 2.05) is 0 Å². The van der Waals surface area contributed by atoms with Crippen LogP contribution in [0.25, 0.3) is 0 Å². The topological polar surface area (TPSA) is 118 Å². The van der Waals surface area contributed by atoms with Crippen molar-refractivity contribution in [1.29, 1.82) is 5.41 Å². The van der Waals surface area contributed by atoms with Crippen LogP contribution < -0.4 is 17.2 Å². The molecule has 0 heterocycles. The Morgan fingerprint density at radius 3 is 1.89 bits per heavy atom. The second-order valence-corrected chi connectivity index (χ2v) is 4.31. The summed E-state index contributed by atoms with van der Waals surface area (Å²) in [6, 6.07) is 0. The molecule has 0 aliphatic rings. The lowest BCUT2D eigenvalue weighted by atomic mass is 10.1. The van der Waals surface area contributed by atoms with Gasteiger partial charge in [-0.05, 0) is 13.0 Å². The van der Waals surface area contributed by atoms with Crippen molar-refractivity contribution in [1.82, 2.24) is 4.90 Å². The van der Waals surface area contributed by atoms with Crippen molar-refractivity contribution in [3.63, 3.8) is 0 Å². The lowest BCUT2D eigenvalue weighted by Gasteiger charge is -2.08. The van der Waals surface area contributed by atoms with Gasteiger partial charge in [0.25, 0.3) is 0 Å². The molecule has 0 aromatic rings. The molecule has 0 aliphatic heterocycles. The number of nitrogens with zero attached hydrogens (tertiary/aromatic N) is 2. The Hall–Kier alpha value is -1.30. The number of guanidine groups is 2. The Kier molecular flexibility index (Phi) is 14.6. The SMILES string of the molecule is CCCCCCCCN.CN(C)C(N)=NC(=N)N. The number of nitrogens with one attached hydrogen (secondary N) is 1. The van der Waals surface area contributed by atoms with E-state index in [1.165, 1.54) is 38.5 Å². The summed E-state index contributed by atoms with van der Waals surface area (Å²) in [6.45, 7) is 3.11. The van der Waals surface area contributed by atoms with Gasteiger partial charge in [0.05, 0.1) is 0 Å². The highest BCUT2D eigenvalue weighted by Gasteiger charge is 1.92. The molecular formula is C12H30N6. The minimum Gasteiger partial charge on any atom is -0.369 e. The van der Waals surface area contributed by atoms with Gasteiger partial charge in [-0.15, -0.1) is 0 Å². The Bertz CT molecular complexity index is 219. The van der Waals surface area contributed by atoms with Crippen LogP contribution in [0.1, 0.15) is 45.4 Å². The zero-order valence-corrected chi connectivity index (χ0v) is 12.1. The molecule has 6 nitrogen and oxygen atoms in total. The largest absolute Gasteiger partial charge is 0.369 e. The smallest absolute Gasteiger partial charge is 0.215 e. The normalized spacial score (nSPS) is 10.6. The van der Waals surface area contributed by atoms with Gasteiger partial charge in [-0.2, -0.15) is 4.99 Å². The van der Waals surface area contributed by atoms with Gasteiger partial charge in [-0.1, -0.05) is 39.0 Å². The molecule has 0 aliphatic carbocycles. The minimum atomic E-state index is -0.277. The summed E-state index contributed by atoms with van der Waals surface area (Å²) >= 11 is 0. The molecule has 0 atom stereocenters. The van der Waals surface area contributed by atoms with Gasteiger partial charge in [-0.25, -0.2) is 0 Å². The van der Waals surface area contributed by atoms with Crippen LogP contribution in [0.4, 0.5) is 0 Å². The van der Waals surface area contributed by atoms with Gasteiger partial charge in [0, 0.05) is 14.1 Å². The Morgan fingerprint density at radius 2 is 1.56 bits per heavy atom. The molecule has 7 N–H and O–H groups in total. The third-order valence-corrected chi connectivity index (χ3v) is 2.25. The highest BCUT2D eigenvalue weighted by molar-refractivity contribution is 5.91. The van der Waals surface area contributed by atoms with E-state index in [4.69, 9.17) is 22.6 Å². The molecule has 0 amide bonds. The Balaban J connectivity index is 0. The maximum Gasteiger partial charge on any atom is 0.215 e. The Labute approximate surface area is 111 Å². The molecule has 108 valence electrons. The van der Waals surface area contributed by atoms with Crippen LogP contribution in [0.2, 0.25) is 0 Å². The van der Waals surface area contributed by atoms with Crippen LogP contribution in [0, 0.1) is 5.41 Å². The molecule has 0 saturated heterocycles. The molecule has 0 radical (unpaired) electrons. The van der Waals surface area contributed by atoms with Gasteiger partial charge in [-0.3, -0.25) is 5.41 Å². The van der Waals surface area contributed by atoms with Crippen molar-refractivity contribution in [3.05, 3.63) is 0 Å².